The first-order chi connectivity index (χ1) is 13.3. The van der Waals surface area contributed by atoms with Gasteiger partial charge in [-0.3, -0.25) is 9.59 Å². The summed E-state index contributed by atoms with van der Waals surface area (Å²) in [6.07, 6.45) is 3.03. The minimum atomic E-state index is -1.97. The Morgan fingerprint density at radius 3 is 2.72 bits per heavy atom. The molecule has 0 aromatic carbocycles. The van der Waals surface area contributed by atoms with E-state index in [9.17, 15) is 24.9 Å². The minimum absolute atomic E-state index is 0.0131. The van der Waals surface area contributed by atoms with Crippen LogP contribution in [0.15, 0.2) is 34.6 Å². The number of aliphatic hydroxyl groups excluding tert-OH is 1. The van der Waals surface area contributed by atoms with Crippen LogP contribution in [0.2, 0.25) is 0 Å². The molecule has 0 saturated heterocycles. The largest absolute Gasteiger partial charge is 0.493 e. The molecule has 29 heavy (non-hydrogen) atoms. The fourth-order valence-electron chi connectivity index (χ4n) is 3.55. The van der Waals surface area contributed by atoms with Crippen LogP contribution in [0.5, 0.6) is 0 Å². The molecule has 0 bridgehead atoms. The highest BCUT2D eigenvalue weighted by Crippen LogP contribution is 2.41. The molecule has 0 radical (unpaired) electrons. The van der Waals surface area contributed by atoms with E-state index in [-0.39, 0.29) is 17.6 Å². The third-order valence-electron chi connectivity index (χ3n) is 5.62. The van der Waals surface area contributed by atoms with Crippen molar-refractivity contribution >= 4 is 23.4 Å². The minimum Gasteiger partial charge on any atom is -0.493 e. The molecular weight excluding hydrogens is 400 g/mol. The summed E-state index contributed by atoms with van der Waals surface area (Å²) in [5.74, 6) is -1.79. The van der Waals surface area contributed by atoms with E-state index in [1.807, 2.05) is 13.8 Å². The second-order valence-corrected chi connectivity index (χ2v) is 8.51. The normalized spacial score (nSPS) is 31.5. The number of Topliss-reactive ketones (excluding diaryl/α,β-unsaturated/α-hetero) is 1. The van der Waals surface area contributed by atoms with Gasteiger partial charge in [0.05, 0.1) is 23.7 Å². The number of halogens is 1. The Labute approximate surface area is 175 Å². The number of ketones is 1. The number of hydrogen-bond acceptors (Lipinski definition) is 7. The molecule has 1 aliphatic carbocycles. The van der Waals surface area contributed by atoms with Crippen LogP contribution in [0.4, 0.5) is 0 Å². The Kier molecular flexibility index (Phi) is 7.00. The fourth-order valence-corrected chi connectivity index (χ4v) is 3.94. The van der Waals surface area contributed by atoms with Gasteiger partial charge in [0.25, 0.3) is 0 Å². The van der Waals surface area contributed by atoms with E-state index in [1.54, 1.807) is 0 Å². The molecule has 0 saturated carbocycles. The molecule has 6 atom stereocenters. The number of hydrogen-bond donors (Lipinski definition) is 3. The van der Waals surface area contributed by atoms with Crippen LogP contribution >= 0.6 is 11.6 Å². The molecule has 0 fully saturated rings. The van der Waals surface area contributed by atoms with E-state index in [0.29, 0.717) is 17.8 Å². The average molecular weight is 429 g/mol. The highest BCUT2D eigenvalue weighted by Gasteiger charge is 2.53. The number of carbonyl (C=O) groups is 2. The first kappa shape index (κ1) is 23.6. The molecule has 1 heterocycles. The van der Waals surface area contributed by atoms with Gasteiger partial charge in [0.15, 0.2) is 5.60 Å². The number of carbonyl (C=O) groups excluding carboxylic acids is 2. The summed E-state index contributed by atoms with van der Waals surface area (Å²) in [4.78, 5) is 24.0. The number of allylic oxidation sites excluding steroid dienone is 2. The number of esters is 1. The predicted molar refractivity (Wildman–Crippen MR) is 107 cm³/mol. The lowest BCUT2D eigenvalue weighted by Crippen LogP contribution is -2.57. The highest BCUT2D eigenvalue weighted by molar-refractivity contribution is 6.44. The van der Waals surface area contributed by atoms with Gasteiger partial charge < -0.3 is 24.8 Å². The zero-order valence-electron chi connectivity index (χ0n) is 17.3. The average Bonchev–Trinajstić information content (AvgIpc) is 2.66. The first-order valence-corrected chi connectivity index (χ1v) is 9.98. The molecule has 0 spiro atoms. The van der Waals surface area contributed by atoms with E-state index >= 15 is 0 Å². The van der Waals surface area contributed by atoms with E-state index in [0.717, 1.165) is 0 Å². The van der Waals surface area contributed by atoms with Gasteiger partial charge in [-0.2, -0.15) is 0 Å². The van der Waals surface area contributed by atoms with E-state index in [2.05, 4.69) is 0 Å². The standard InChI is InChI=1S/C21H29ClO7/c1-6-11(2)17(24)20(4,26)8-7-13-9-14-15(10-28-13)19(29-12(3)23)21(5,27)18(25)16(14)22/h7-9,11,15,17,19,24,26-27H,6,10H2,1-5H3/b8-7+. The van der Waals surface area contributed by atoms with Gasteiger partial charge in [-0.1, -0.05) is 31.9 Å². The zero-order valence-corrected chi connectivity index (χ0v) is 18.1. The molecule has 0 aromatic rings. The Morgan fingerprint density at radius 2 is 2.17 bits per heavy atom. The number of ether oxygens (including phenoxy) is 2. The van der Waals surface area contributed by atoms with Crippen LogP contribution in [0.25, 0.3) is 0 Å². The Balaban J connectivity index is 2.35. The lowest BCUT2D eigenvalue weighted by Gasteiger charge is -2.42. The molecular formula is C21H29ClO7. The van der Waals surface area contributed by atoms with Crippen molar-refractivity contribution in [1.82, 2.24) is 0 Å². The Hall–Kier alpha value is -1.67. The van der Waals surface area contributed by atoms with E-state index < -0.39 is 41.1 Å². The van der Waals surface area contributed by atoms with Gasteiger partial charge in [0.1, 0.15) is 17.5 Å². The van der Waals surface area contributed by atoms with Gasteiger partial charge >= 0.3 is 5.97 Å². The number of aliphatic hydroxyl groups is 3. The molecule has 2 rings (SSSR count). The van der Waals surface area contributed by atoms with Crippen LogP contribution in [0, 0.1) is 11.8 Å². The summed E-state index contributed by atoms with van der Waals surface area (Å²) in [5, 5.41) is 31.3. The molecule has 8 heteroatoms. The molecule has 6 unspecified atom stereocenters. The van der Waals surface area contributed by atoms with Crippen molar-refractivity contribution in [2.45, 2.75) is 64.4 Å². The van der Waals surface area contributed by atoms with E-state index in [4.69, 9.17) is 21.1 Å². The maximum atomic E-state index is 12.5. The van der Waals surface area contributed by atoms with Crippen molar-refractivity contribution in [2.24, 2.45) is 11.8 Å². The summed E-state index contributed by atoms with van der Waals surface area (Å²) in [5.41, 5.74) is -3.06. The summed E-state index contributed by atoms with van der Waals surface area (Å²) in [6.45, 7) is 7.72. The lowest BCUT2D eigenvalue weighted by molar-refractivity contribution is -0.174. The van der Waals surface area contributed by atoms with Crippen molar-refractivity contribution in [3.63, 3.8) is 0 Å². The second kappa shape index (κ2) is 8.60. The Morgan fingerprint density at radius 1 is 1.55 bits per heavy atom. The summed E-state index contributed by atoms with van der Waals surface area (Å²) >= 11 is 6.21. The van der Waals surface area contributed by atoms with Crippen LogP contribution in [-0.4, -0.2) is 57.1 Å². The summed E-state index contributed by atoms with van der Waals surface area (Å²) in [7, 11) is 0. The van der Waals surface area contributed by atoms with Gasteiger partial charge in [-0.05, 0) is 43.6 Å². The van der Waals surface area contributed by atoms with Crippen molar-refractivity contribution in [3.05, 3.63) is 34.6 Å². The van der Waals surface area contributed by atoms with Crippen LogP contribution < -0.4 is 0 Å². The molecule has 7 nitrogen and oxygen atoms in total. The summed E-state index contributed by atoms with van der Waals surface area (Å²) in [6, 6.07) is 0. The van der Waals surface area contributed by atoms with Crippen LogP contribution in [-0.2, 0) is 19.1 Å². The molecule has 1 aliphatic heterocycles. The monoisotopic (exact) mass is 428 g/mol. The quantitative estimate of drug-likeness (QED) is 0.554. The molecule has 2 aliphatic rings. The summed E-state index contributed by atoms with van der Waals surface area (Å²) < 4.78 is 10.9. The fraction of sp³-hybridized carbons (Fsp3) is 0.619. The Bertz CT molecular complexity index is 763. The molecule has 162 valence electrons. The molecule has 0 amide bonds. The second-order valence-electron chi connectivity index (χ2n) is 8.13. The van der Waals surface area contributed by atoms with E-state index in [1.165, 1.54) is 39.0 Å². The van der Waals surface area contributed by atoms with Gasteiger partial charge in [-0.15, -0.1) is 0 Å². The topological polar surface area (TPSA) is 113 Å². The maximum absolute atomic E-state index is 12.5. The smallest absolute Gasteiger partial charge is 0.303 e. The number of rotatable bonds is 6. The zero-order chi connectivity index (χ0) is 22.1. The number of fused-ring (bicyclic) bond motifs is 1. The third-order valence-corrected chi connectivity index (χ3v) is 6.01. The predicted octanol–water partition coefficient (Wildman–Crippen LogP) is 1.99. The third kappa shape index (κ3) is 4.74. The van der Waals surface area contributed by atoms with Gasteiger partial charge in [-0.25, -0.2) is 0 Å². The highest BCUT2D eigenvalue weighted by atomic mass is 35.5. The molecule has 3 N–H and O–H groups in total. The van der Waals surface area contributed by atoms with Crippen LogP contribution in [0.3, 0.4) is 0 Å². The maximum Gasteiger partial charge on any atom is 0.303 e. The molecule has 0 aromatic heterocycles. The SMILES string of the molecule is CCC(C)C(O)C(C)(O)/C=C/C1=CC2=C(Cl)C(=O)C(C)(O)C(OC(C)=O)C2CO1. The van der Waals surface area contributed by atoms with Crippen molar-refractivity contribution < 1.29 is 34.4 Å². The van der Waals surface area contributed by atoms with Crippen molar-refractivity contribution in [1.29, 1.82) is 0 Å². The van der Waals surface area contributed by atoms with Gasteiger partial charge in [0.2, 0.25) is 5.78 Å². The van der Waals surface area contributed by atoms with Crippen LogP contribution in [0.1, 0.15) is 41.0 Å². The van der Waals surface area contributed by atoms with Crippen molar-refractivity contribution in [3.8, 4) is 0 Å². The first-order valence-electron chi connectivity index (χ1n) is 9.61. The lowest BCUT2D eigenvalue weighted by atomic mass is 9.74. The van der Waals surface area contributed by atoms with Crippen molar-refractivity contribution in [2.75, 3.05) is 6.61 Å². The van der Waals surface area contributed by atoms with Gasteiger partial charge in [0, 0.05) is 6.92 Å².